The van der Waals surface area contributed by atoms with Gasteiger partial charge in [0.25, 0.3) is 0 Å². The van der Waals surface area contributed by atoms with Gasteiger partial charge in [-0.15, -0.1) is 0 Å². The molecule has 0 amide bonds. The van der Waals surface area contributed by atoms with Gasteiger partial charge in [0.2, 0.25) is 0 Å². The molecule has 0 aromatic carbocycles. The Bertz CT molecular complexity index is 1490. The molecule has 0 saturated carbocycles. The second kappa shape index (κ2) is 8.59. The Morgan fingerprint density at radius 1 is 1.29 bits per heavy atom. The van der Waals surface area contributed by atoms with E-state index in [2.05, 4.69) is 21.5 Å². The quantitative estimate of drug-likeness (QED) is 0.405. The van der Waals surface area contributed by atoms with Crippen LogP contribution in [0.15, 0.2) is 41.0 Å². The summed E-state index contributed by atoms with van der Waals surface area (Å²) >= 11 is 6.07. The minimum atomic E-state index is -0.696. The predicted molar refractivity (Wildman–Crippen MR) is 132 cm³/mol. The van der Waals surface area contributed by atoms with Gasteiger partial charge < -0.3 is 9.80 Å². The fourth-order valence-electron chi connectivity index (χ4n) is 4.82. The van der Waals surface area contributed by atoms with Gasteiger partial charge in [0, 0.05) is 25.8 Å². The molecule has 0 N–H and O–H groups in total. The molecule has 0 bridgehead atoms. The first-order chi connectivity index (χ1) is 16.7. The summed E-state index contributed by atoms with van der Waals surface area (Å²) in [6.45, 7) is 11.5. The number of pyridine rings is 2. The lowest BCUT2D eigenvalue weighted by atomic mass is 10.0. The number of nitrogens with zero attached hydrogens (tertiary/aromatic N) is 6. The van der Waals surface area contributed by atoms with Crippen molar-refractivity contribution < 1.29 is 9.18 Å². The first kappa shape index (κ1) is 23.2. The summed E-state index contributed by atoms with van der Waals surface area (Å²) in [7, 11) is 0. The van der Waals surface area contributed by atoms with Crippen LogP contribution in [0.1, 0.15) is 37.4 Å². The monoisotopic (exact) mass is 494 g/mol. The minimum Gasteiger partial charge on any atom is -0.356 e. The molecule has 10 heteroatoms. The van der Waals surface area contributed by atoms with Crippen LogP contribution in [0.4, 0.5) is 10.2 Å². The van der Waals surface area contributed by atoms with E-state index in [4.69, 9.17) is 11.6 Å². The maximum Gasteiger partial charge on any atom is 0.355 e. The summed E-state index contributed by atoms with van der Waals surface area (Å²) in [5.74, 6) is 1.65. The third-order valence-corrected chi connectivity index (χ3v) is 6.92. The third kappa shape index (κ3) is 3.72. The van der Waals surface area contributed by atoms with Crippen molar-refractivity contribution in [3.8, 4) is 5.69 Å². The Hall–Kier alpha value is -3.55. The molecular formula is C25H24ClFN6O2. The van der Waals surface area contributed by atoms with Gasteiger partial charge in [-0.3, -0.25) is 4.98 Å². The summed E-state index contributed by atoms with van der Waals surface area (Å²) < 4.78 is 16.0. The summed E-state index contributed by atoms with van der Waals surface area (Å²) in [4.78, 5) is 41.8. The number of allylic oxidation sites excluding steroid dienone is 1. The van der Waals surface area contributed by atoms with Crippen LogP contribution in [0.2, 0.25) is 5.15 Å². The second-order valence-corrected chi connectivity index (χ2v) is 9.62. The highest BCUT2D eigenvalue weighted by Crippen LogP contribution is 2.35. The number of carbonyl (C=O) groups excluding carboxylic acids is 1. The Kier molecular flexibility index (Phi) is 5.69. The van der Waals surface area contributed by atoms with Crippen LogP contribution in [-0.4, -0.2) is 56.0 Å². The van der Waals surface area contributed by atoms with Gasteiger partial charge in [0.1, 0.15) is 11.5 Å². The molecule has 0 unspecified atom stereocenters. The Morgan fingerprint density at radius 3 is 2.71 bits per heavy atom. The lowest BCUT2D eigenvalue weighted by molar-refractivity contribution is 0.242. The minimum absolute atomic E-state index is 0.0221. The number of hydrogen-bond donors (Lipinski definition) is 0. The molecule has 2 aliphatic heterocycles. The van der Waals surface area contributed by atoms with Gasteiger partial charge in [0.15, 0.2) is 22.6 Å². The van der Waals surface area contributed by atoms with Crippen molar-refractivity contribution >= 4 is 34.4 Å². The van der Waals surface area contributed by atoms with Crippen LogP contribution in [0, 0.1) is 12.7 Å². The first-order valence-corrected chi connectivity index (χ1v) is 11.8. The molecule has 0 radical (unpaired) electrons. The van der Waals surface area contributed by atoms with Crippen LogP contribution in [0.5, 0.6) is 0 Å². The zero-order valence-corrected chi connectivity index (χ0v) is 20.4. The highest BCUT2D eigenvalue weighted by molar-refractivity contribution is 6.30. The number of hydrogen-bond acceptors (Lipinski definition) is 7. The standard InChI is InChI=1S/C25H24ClFN6O2/c1-13(2)20-21(15(4)5-7-28-20)33-24-17(9-18(27)22(26)29-24)23(30-25(33)35)31-10-16(11-31)32-8-6-14(3)19(32)12-34/h5,7,9,13,16H,3,6,8,10-11H2,1-2,4H3. The van der Waals surface area contributed by atoms with Gasteiger partial charge in [-0.2, -0.15) is 4.98 Å². The van der Waals surface area contributed by atoms with Crippen molar-refractivity contribution in [3.63, 3.8) is 0 Å². The van der Waals surface area contributed by atoms with Crippen molar-refractivity contribution in [1.29, 1.82) is 0 Å². The van der Waals surface area contributed by atoms with Crippen LogP contribution in [0.3, 0.4) is 0 Å². The maximum absolute atomic E-state index is 14.6. The average molecular weight is 495 g/mol. The first-order valence-electron chi connectivity index (χ1n) is 11.4. The molecule has 2 fully saturated rings. The van der Waals surface area contributed by atoms with Gasteiger partial charge >= 0.3 is 5.69 Å². The Balaban J connectivity index is 1.63. The molecule has 3 aromatic heterocycles. The van der Waals surface area contributed by atoms with E-state index in [1.165, 1.54) is 10.6 Å². The van der Waals surface area contributed by atoms with Crippen molar-refractivity contribution in [2.45, 2.75) is 39.2 Å². The largest absolute Gasteiger partial charge is 0.356 e. The smallest absolute Gasteiger partial charge is 0.355 e. The number of aromatic nitrogens is 4. The molecule has 5 heterocycles. The van der Waals surface area contributed by atoms with E-state index in [1.54, 1.807) is 12.3 Å². The Morgan fingerprint density at radius 2 is 2.03 bits per heavy atom. The van der Waals surface area contributed by atoms with Gasteiger partial charge in [-0.25, -0.2) is 23.5 Å². The predicted octanol–water partition coefficient (Wildman–Crippen LogP) is 3.57. The SMILES string of the molecule is C=C1CCN(C2CN(c3nc(=O)n(-c4c(C)ccnc4C(C)C)c4nc(Cl)c(F)cc34)C2)C1=C=O. The summed E-state index contributed by atoms with van der Waals surface area (Å²) in [6, 6.07) is 3.12. The molecule has 5 rings (SSSR count). The average Bonchev–Trinajstić information content (AvgIpc) is 3.14. The molecule has 0 spiro atoms. The number of fused-ring (bicyclic) bond motifs is 1. The summed E-state index contributed by atoms with van der Waals surface area (Å²) in [5, 5.41) is 0.0492. The topological polar surface area (TPSA) is 84.2 Å². The van der Waals surface area contributed by atoms with Crippen LogP contribution in [0.25, 0.3) is 16.7 Å². The highest BCUT2D eigenvalue weighted by Gasteiger charge is 2.38. The van der Waals surface area contributed by atoms with Crippen molar-refractivity contribution in [3.05, 3.63) is 68.9 Å². The maximum atomic E-state index is 14.6. The molecule has 8 nitrogen and oxygen atoms in total. The lowest BCUT2D eigenvalue weighted by Crippen LogP contribution is -2.59. The number of likely N-dealkylation sites (tertiary alicyclic amines) is 1. The number of halogens is 2. The fourth-order valence-corrected chi connectivity index (χ4v) is 4.96. The van der Waals surface area contributed by atoms with Gasteiger partial charge in [0.05, 0.1) is 22.8 Å². The van der Waals surface area contributed by atoms with Gasteiger partial charge in [-0.1, -0.05) is 32.0 Å². The fraction of sp³-hybridized carbons (Fsp3) is 0.360. The molecule has 2 aliphatic rings. The zero-order valence-electron chi connectivity index (χ0n) is 19.7. The number of aryl methyl sites for hydroxylation is 1. The highest BCUT2D eigenvalue weighted by atomic mass is 35.5. The molecule has 180 valence electrons. The molecule has 35 heavy (non-hydrogen) atoms. The molecule has 2 saturated heterocycles. The zero-order chi connectivity index (χ0) is 25.0. The van der Waals surface area contributed by atoms with E-state index in [-0.39, 0.29) is 22.8 Å². The van der Waals surface area contributed by atoms with E-state index in [9.17, 15) is 14.0 Å². The second-order valence-electron chi connectivity index (χ2n) is 9.26. The van der Waals surface area contributed by atoms with Gasteiger partial charge in [-0.05, 0) is 42.5 Å². The van der Waals surface area contributed by atoms with E-state index in [1.807, 2.05) is 36.5 Å². The van der Waals surface area contributed by atoms with Crippen molar-refractivity contribution in [2.75, 3.05) is 24.5 Å². The van der Waals surface area contributed by atoms with Crippen LogP contribution >= 0.6 is 11.6 Å². The van der Waals surface area contributed by atoms with Crippen molar-refractivity contribution in [2.24, 2.45) is 0 Å². The van der Waals surface area contributed by atoms with Crippen molar-refractivity contribution in [1.82, 2.24) is 24.4 Å². The van der Waals surface area contributed by atoms with Crippen LogP contribution < -0.4 is 10.6 Å². The van der Waals surface area contributed by atoms with Crippen LogP contribution in [-0.2, 0) is 4.79 Å². The third-order valence-electron chi connectivity index (χ3n) is 6.66. The van der Waals surface area contributed by atoms with E-state index in [0.717, 1.165) is 11.1 Å². The molecular weight excluding hydrogens is 471 g/mol. The molecule has 0 atom stereocenters. The van der Waals surface area contributed by atoms with E-state index >= 15 is 0 Å². The normalized spacial score (nSPS) is 16.4. The molecule has 0 aliphatic carbocycles. The number of anilines is 1. The van der Waals surface area contributed by atoms with E-state index in [0.29, 0.717) is 54.3 Å². The summed E-state index contributed by atoms with van der Waals surface area (Å²) in [5.41, 5.74) is 3.04. The Labute approximate surface area is 206 Å². The number of rotatable bonds is 4. The lowest BCUT2D eigenvalue weighted by Gasteiger charge is -2.45. The van der Waals surface area contributed by atoms with E-state index < -0.39 is 11.5 Å². The molecule has 3 aromatic rings. The summed E-state index contributed by atoms with van der Waals surface area (Å²) in [6.07, 6.45) is 2.41.